The third kappa shape index (κ3) is 3.14. The first-order valence-electron chi connectivity index (χ1n) is 5.24. The molecule has 0 saturated heterocycles. The Labute approximate surface area is 103 Å². The van der Waals surface area contributed by atoms with Crippen molar-refractivity contribution in [2.75, 3.05) is 11.9 Å². The minimum Gasteiger partial charge on any atom is -0.343 e. The summed E-state index contributed by atoms with van der Waals surface area (Å²) in [7, 11) is 0. The number of aromatic nitrogens is 3. The molecular weight excluding hydrogens is 234 g/mol. The molecule has 0 aliphatic carbocycles. The lowest BCUT2D eigenvalue weighted by atomic mass is 10.2. The van der Waals surface area contributed by atoms with Crippen LogP contribution >= 0.6 is 0 Å². The summed E-state index contributed by atoms with van der Waals surface area (Å²) in [5, 5.41) is 11.0. The number of benzene rings is 1. The van der Waals surface area contributed by atoms with Gasteiger partial charge in [-0.05, 0) is 12.1 Å². The first-order valence-corrected chi connectivity index (χ1v) is 5.24. The molecule has 0 aliphatic rings. The Bertz CT molecular complexity index is 524. The number of nitrogens with one attached hydrogen (secondary N) is 3. The molecule has 2 aromatic rings. The van der Waals surface area contributed by atoms with E-state index in [1.165, 1.54) is 6.33 Å². The molecule has 18 heavy (non-hydrogen) atoms. The van der Waals surface area contributed by atoms with Gasteiger partial charge in [0.25, 0.3) is 5.91 Å². The largest absolute Gasteiger partial charge is 0.343 e. The van der Waals surface area contributed by atoms with Crippen molar-refractivity contribution >= 4 is 17.8 Å². The van der Waals surface area contributed by atoms with Crippen molar-refractivity contribution in [3.8, 4) is 0 Å². The highest BCUT2D eigenvalue weighted by atomic mass is 16.2. The molecule has 2 amide bonds. The van der Waals surface area contributed by atoms with Gasteiger partial charge < -0.3 is 5.32 Å². The highest BCUT2D eigenvalue weighted by Crippen LogP contribution is 1.97. The maximum absolute atomic E-state index is 11.6. The van der Waals surface area contributed by atoms with Crippen molar-refractivity contribution in [1.29, 1.82) is 0 Å². The van der Waals surface area contributed by atoms with E-state index in [0.717, 1.165) is 0 Å². The van der Waals surface area contributed by atoms with E-state index in [2.05, 4.69) is 25.8 Å². The van der Waals surface area contributed by atoms with E-state index in [1.807, 2.05) is 6.07 Å². The molecule has 2 rings (SSSR count). The Morgan fingerprint density at radius 2 is 2.00 bits per heavy atom. The van der Waals surface area contributed by atoms with E-state index in [1.54, 1.807) is 24.3 Å². The van der Waals surface area contributed by atoms with Gasteiger partial charge in [-0.15, -0.1) is 0 Å². The number of amides is 2. The van der Waals surface area contributed by atoms with Gasteiger partial charge in [-0.3, -0.25) is 14.9 Å². The zero-order valence-corrected chi connectivity index (χ0v) is 9.38. The molecule has 0 spiro atoms. The number of H-pyrrole nitrogens is 1. The number of aromatic amines is 1. The Kier molecular flexibility index (Phi) is 3.65. The molecule has 1 heterocycles. The number of carbonyl (C=O) groups is 2. The van der Waals surface area contributed by atoms with Gasteiger partial charge in [0.2, 0.25) is 11.9 Å². The summed E-state index contributed by atoms with van der Waals surface area (Å²) < 4.78 is 0. The molecule has 7 heteroatoms. The van der Waals surface area contributed by atoms with Crippen molar-refractivity contribution in [2.45, 2.75) is 0 Å². The molecule has 7 nitrogen and oxygen atoms in total. The van der Waals surface area contributed by atoms with Crippen LogP contribution in [0.4, 0.5) is 5.95 Å². The zero-order chi connectivity index (χ0) is 12.8. The SMILES string of the molecule is O=C(CNC(=O)c1ccccc1)Nc1ncn[nH]1. The summed E-state index contributed by atoms with van der Waals surface area (Å²) in [5.41, 5.74) is 0.505. The van der Waals surface area contributed by atoms with Crippen molar-refractivity contribution in [3.63, 3.8) is 0 Å². The van der Waals surface area contributed by atoms with Crippen LogP contribution in [0.1, 0.15) is 10.4 Å². The summed E-state index contributed by atoms with van der Waals surface area (Å²) in [4.78, 5) is 26.8. The van der Waals surface area contributed by atoms with Crippen LogP contribution in [-0.2, 0) is 4.79 Å². The molecule has 0 fully saturated rings. The van der Waals surface area contributed by atoms with E-state index in [-0.39, 0.29) is 24.3 Å². The quantitative estimate of drug-likeness (QED) is 0.715. The van der Waals surface area contributed by atoms with Gasteiger partial charge in [0.15, 0.2) is 0 Å². The Hall–Kier alpha value is -2.70. The molecule has 0 saturated carbocycles. The lowest BCUT2D eigenvalue weighted by molar-refractivity contribution is -0.115. The van der Waals surface area contributed by atoms with Crippen LogP contribution < -0.4 is 10.6 Å². The summed E-state index contributed by atoms with van der Waals surface area (Å²) in [6.45, 7) is -0.131. The number of hydrogen-bond acceptors (Lipinski definition) is 4. The second-order valence-corrected chi connectivity index (χ2v) is 3.43. The molecular formula is C11H11N5O2. The minimum atomic E-state index is -0.379. The summed E-state index contributed by atoms with van der Waals surface area (Å²) >= 11 is 0. The molecule has 92 valence electrons. The smallest absolute Gasteiger partial charge is 0.251 e. The van der Waals surface area contributed by atoms with E-state index in [0.29, 0.717) is 5.56 Å². The Morgan fingerprint density at radius 3 is 2.67 bits per heavy atom. The van der Waals surface area contributed by atoms with Crippen molar-refractivity contribution in [3.05, 3.63) is 42.2 Å². The molecule has 3 N–H and O–H groups in total. The Balaban J connectivity index is 1.81. The number of carbonyl (C=O) groups excluding carboxylic acids is 2. The van der Waals surface area contributed by atoms with Crippen molar-refractivity contribution in [2.24, 2.45) is 0 Å². The van der Waals surface area contributed by atoms with Gasteiger partial charge in [-0.2, -0.15) is 10.1 Å². The van der Waals surface area contributed by atoms with Crippen LogP contribution in [0.2, 0.25) is 0 Å². The second-order valence-electron chi connectivity index (χ2n) is 3.43. The molecule has 0 radical (unpaired) electrons. The highest BCUT2D eigenvalue weighted by Gasteiger charge is 2.08. The number of rotatable bonds is 4. The topological polar surface area (TPSA) is 99.8 Å². The van der Waals surface area contributed by atoms with Crippen LogP contribution in [0.25, 0.3) is 0 Å². The third-order valence-corrected chi connectivity index (χ3v) is 2.12. The van der Waals surface area contributed by atoms with Gasteiger partial charge >= 0.3 is 0 Å². The van der Waals surface area contributed by atoms with Crippen LogP contribution in [0.5, 0.6) is 0 Å². The monoisotopic (exact) mass is 245 g/mol. The summed E-state index contributed by atoms with van der Waals surface area (Å²) in [5.74, 6) is -0.437. The average molecular weight is 245 g/mol. The standard InChI is InChI=1S/C11H11N5O2/c17-9(15-11-13-7-14-16-11)6-12-10(18)8-4-2-1-3-5-8/h1-5,7H,6H2,(H,12,18)(H2,13,14,15,16,17). The van der Waals surface area contributed by atoms with Crippen LogP contribution in [0.3, 0.4) is 0 Å². The molecule has 0 aliphatic heterocycles. The van der Waals surface area contributed by atoms with Crippen LogP contribution in [0, 0.1) is 0 Å². The molecule has 0 bridgehead atoms. The number of anilines is 1. The fourth-order valence-electron chi connectivity index (χ4n) is 1.29. The van der Waals surface area contributed by atoms with Crippen molar-refractivity contribution < 1.29 is 9.59 Å². The lowest BCUT2D eigenvalue weighted by Gasteiger charge is -2.04. The minimum absolute atomic E-state index is 0.131. The normalized spacial score (nSPS) is 9.78. The van der Waals surface area contributed by atoms with E-state index in [9.17, 15) is 9.59 Å². The van der Waals surface area contributed by atoms with Gasteiger partial charge in [0, 0.05) is 5.56 Å². The van der Waals surface area contributed by atoms with Gasteiger partial charge in [0.05, 0.1) is 6.54 Å². The van der Waals surface area contributed by atoms with Gasteiger partial charge in [0.1, 0.15) is 6.33 Å². The molecule has 1 aromatic heterocycles. The molecule has 1 aromatic carbocycles. The fraction of sp³-hybridized carbons (Fsp3) is 0.0909. The predicted octanol–water partition coefficient (Wildman–Crippen LogP) is 0.173. The van der Waals surface area contributed by atoms with E-state index < -0.39 is 0 Å². The lowest BCUT2D eigenvalue weighted by Crippen LogP contribution is -2.33. The number of hydrogen-bond donors (Lipinski definition) is 3. The molecule has 0 unspecified atom stereocenters. The maximum Gasteiger partial charge on any atom is 0.251 e. The van der Waals surface area contributed by atoms with E-state index in [4.69, 9.17) is 0 Å². The summed E-state index contributed by atoms with van der Waals surface area (Å²) in [6, 6.07) is 8.66. The second kappa shape index (κ2) is 5.58. The third-order valence-electron chi connectivity index (χ3n) is 2.12. The maximum atomic E-state index is 11.6. The number of nitrogens with zero attached hydrogens (tertiary/aromatic N) is 2. The van der Waals surface area contributed by atoms with Crippen LogP contribution in [-0.4, -0.2) is 33.5 Å². The van der Waals surface area contributed by atoms with Crippen LogP contribution in [0.15, 0.2) is 36.7 Å². The Morgan fingerprint density at radius 1 is 1.22 bits per heavy atom. The molecule has 0 atom stereocenters. The van der Waals surface area contributed by atoms with Gasteiger partial charge in [-0.25, -0.2) is 5.10 Å². The highest BCUT2D eigenvalue weighted by molar-refractivity contribution is 5.98. The predicted molar refractivity (Wildman–Crippen MR) is 63.8 cm³/mol. The first kappa shape index (κ1) is 11.8. The van der Waals surface area contributed by atoms with E-state index >= 15 is 0 Å². The van der Waals surface area contributed by atoms with Crippen molar-refractivity contribution in [1.82, 2.24) is 20.5 Å². The fourth-order valence-corrected chi connectivity index (χ4v) is 1.29. The first-order chi connectivity index (χ1) is 8.75. The summed E-state index contributed by atoms with van der Waals surface area (Å²) in [6.07, 6.45) is 1.28. The van der Waals surface area contributed by atoms with Gasteiger partial charge in [-0.1, -0.05) is 18.2 Å². The zero-order valence-electron chi connectivity index (χ0n) is 9.38. The average Bonchev–Trinajstić information content (AvgIpc) is 2.90.